The molecule has 1 unspecified atom stereocenters. The molecule has 0 aliphatic heterocycles. The van der Waals surface area contributed by atoms with Crippen LogP contribution in [-0.2, 0) is 13.0 Å². The summed E-state index contributed by atoms with van der Waals surface area (Å²) in [6.07, 6.45) is 4.76. The molecule has 7 nitrogen and oxygen atoms in total. The minimum atomic E-state index is -0.0875. The van der Waals surface area contributed by atoms with Crippen molar-refractivity contribution in [2.45, 2.75) is 32.4 Å². The van der Waals surface area contributed by atoms with Gasteiger partial charge in [0, 0.05) is 31.4 Å². The molecule has 0 spiro atoms. The van der Waals surface area contributed by atoms with Crippen molar-refractivity contribution in [3.05, 3.63) is 64.6 Å². The Hall–Kier alpha value is -2.74. The first-order chi connectivity index (χ1) is 13.1. The van der Waals surface area contributed by atoms with Crippen molar-refractivity contribution in [2.75, 3.05) is 13.6 Å². The number of amides is 2. The lowest BCUT2D eigenvalue weighted by atomic mass is 10.0. The molecule has 1 N–H and O–H groups in total. The predicted octanol–water partition coefficient (Wildman–Crippen LogP) is 3.06. The Morgan fingerprint density at radius 2 is 2.15 bits per heavy atom. The van der Waals surface area contributed by atoms with Gasteiger partial charge in [0.1, 0.15) is 12.7 Å². The molecule has 0 aliphatic rings. The van der Waals surface area contributed by atoms with E-state index in [0.29, 0.717) is 13.1 Å². The first kappa shape index (κ1) is 19.0. The molecule has 3 rings (SSSR count). The summed E-state index contributed by atoms with van der Waals surface area (Å²) >= 11 is 1.64. The molecular formula is C19H24N6OS. The second-order valence-electron chi connectivity index (χ2n) is 6.39. The Balaban J connectivity index is 1.59. The first-order valence-corrected chi connectivity index (χ1v) is 9.79. The van der Waals surface area contributed by atoms with E-state index in [2.05, 4.69) is 20.4 Å². The largest absolute Gasteiger partial charge is 0.331 e. The van der Waals surface area contributed by atoms with E-state index in [1.807, 2.05) is 49.8 Å². The number of nitrogens with zero attached hydrogens (tertiary/aromatic N) is 5. The molecule has 2 amide bonds. The van der Waals surface area contributed by atoms with Crippen LogP contribution >= 0.6 is 11.3 Å². The van der Waals surface area contributed by atoms with Crippen LogP contribution in [0.4, 0.5) is 4.79 Å². The van der Waals surface area contributed by atoms with Gasteiger partial charge in [-0.05, 0) is 18.9 Å². The third-order valence-corrected chi connectivity index (χ3v) is 5.47. The smallest absolute Gasteiger partial charge is 0.317 e. The van der Waals surface area contributed by atoms with Gasteiger partial charge in [-0.3, -0.25) is 4.68 Å². The van der Waals surface area contributed by atoms with E-state index in [1.54, 1.807) is 27.2 Å². The van der Waals surface area contributed by atoms with Crippen LogP contribution in [0.25, 0.3) is 0 Å². The van der Waals surface area contributed by atoms with Crippen molar-refractivity contribution in [3.8, 4) is 0 Å². The third-order valence-electron chi connectivity index (χ3n) is 4.48. The highest BCUT2D eigenvalue weighted by Crippen LogP contribution is 2.18. The van der Waals surface area contributed by atoms with Gasteiger partial charge < -0.3 is 10.2 Å². The van der Waals surface area contributed by atoms with Crippen LogP contribution in [-0.4, -0.2) is 44.3 Å². The summed E-state index contributed by atoms with van der Waals surface area (Å²) in [5, 5.41) is 7.29. The second kappa shape index (κ2) is 9.27. The summed E-state index contributed by atoms with van der Waals surface area (Å²) in [6.45, 7) is 3.34. The highest BCUT2D eigenvalue weighted by Gasteiger charge is 2.17. The zero-order valence-electron chi connectivity index (χ0n) is 15.6. The molecule has 142 valence electrons. The number of benzene rings is 1. The Morgan fingerprint density at radius 3 is 2.81 bits per heavy atom. The molecule has 0 bridgehead atoms. The van der Waals surface area contributed by atoms with Gasteiger partial charge in [0.2, 0.25) is 0 Å². The minimum absolute atomic E-state index is 0.0791. The number of nitrogens with one attached hydrogen (secondary N) is 1. The molecular weight excluding hydrogens is 360 g/mol. The predicted molar refractivity (Wildman–Crippen MR) is 106 cm³/mol. The second-order valence-corrected chi connectivity index (χ2v) is 7.33. The molecule has 27 heavy (non-hydrogen) atoms. The van der Waals surface area contributed by atoms with Crippen LogP contribution in [0.5, 0.6) is 0 Å². The van der Waals surface area contributed by atoms with E-state index in [-0.39, 0.29) is 12.1 Å². The van der Waals surface area contributed by atoms with Crippen molar-refractivity contribution in [1.29, 1.82) is 0 Å². The average molecular weight is 385 g/mol. The Bertz CT molecular complexity index is 833. The number of urea groups is 1. The SMILES string of the molecule is Cc1ncsc1CCN(C)C(=O)NC(CCn1cncn1)c1ccccc1. The monoisotopic (exact) mass is 384 g/mol. The van der Waals surface area contributed by atoms with Crippen molar-refractivity contribution >= 4 is 17.4 Å². The number of likely N-dealkylation sites (N-methyl/N-ethyl adjacent to an activating group) is 1. The van der Waals surface area contributed by atoms with E-state index in [9.17, 15) is 4.79 Å². The highest BCUT2D eigenvalue weighted by molar-refractivity contribution is 7.09. The number of thiazole rings is 1. The van der Waals surface area contributed by atoms with Crippen LogP contribution in [0.1, 0.15) is 28.6 Å². The minimum Gasteiger partial charge on any atom is -0.331 e. The maximum absolute atomic E-state index is 12.7. The third kappa shape index (κ3) is 5.37. The Labute approximate surface area is 163 Å². The summed E-state index contributed by atoms with van der Waals surface area (Å²) in [5.41, 5.74) is 3.97. The van der Waals surface area contributed by atoms with Crippen molar-refractivity contribution in [1.82, 2.24) is 30.0 Å². The molecule has 3 aromatic rings. The molecule has 1 aromatic carbocycles. The number of hydrogen-bond acceptors (Lipinski definition) is 5. The van der Waals surface area contributed by atoms with E-state index in [1.165, 1.54) is 11.2 Å². The molecule has 0 aliphatic carbocycles. The van der Waals surface area contributed by atoms with Crippen molar-refractivity contribution in [3.63, 3.8) is 0 Å². The van der Waals surface area contributed by atoms with E-state index in [0.717, 1.165) is 24.1 Å². The average Bonchev–Trinajstić information content (AvgIpc) is 3.35. The van der Waals surface area contributed by atoms with Gasteiger partial charge in [-0.15, -0.1) is 11.3 Å². The van der Waals surface area contributed by atoms with E-state index >= 15 is 0 Å². The van der Waals surface area contributed by atoms with Gasteiger partial charge in [0.15, 0.2) is 0 Å². The van der Waals surface area contributed by atoms with E-state index in [4.69, 9.17) is 0 Å². The highest BCUT2D eigenvalue weighted by atomic mass is 32.1. The number of aryl methyl sites for hydroxylation is 2. The van der Waals surface area contributed by atoms with Crippen molar-refractivity contribution < 1.29 is 4.79 Å². The van der Waals surface area contributed by atoms with Gasteiger partial charge in [0.25, 0.3) is 0 Å². The lowest BCUT2D eigenvalue weighted by molar-refractivity contribution is 0.204. The fraction of sp³-hybridized carbons (Fsp3) is 0.368. The van der Waals surface area contributed by atoms with Crippen LogP contribution in [0.15, 0.2) is 48.5 Å². The molecule has 0 radical (unpaired) electrons. The quantitative estimate of drug-likeness (QED) is 0.648. The first-order valence-electron chi connectivity index (χ1n) is 8.91. The number of carbonyl (C=O) groups is 1. The summed E-state index contributed by atoms with van der Waals surface area (Å²) in [7, 11) is 1.82. The molecule has 2 heterocycles. The Kier molecular flexibility index (Phi) is 6.54. The van der Waals surface area contributed by atoms with E-state index < -0.39 is 0 Å². The zero-order valence-corrected chi connectivity index (χ0v) is 16.4. The fourth-order valence-corrected chi connectivity index (χ4v) is 3.58. The van der Waals surface area contributed by atoms with Crippen molar-refractivity contribution in [2.24, 2.45) is 0 Å². The number of carbonyl (C=O) groups excluding carboxylic acids is 1. The molecule has 2 aromatic heterocycles. The Morgan fingerprint density at radius 1 is 1.33 bits per heavy atom. The fourth-order valence-electron chi connectivity index (χ4n) is 2.81. The topological polar surface area (TPSA) is 75.9 Å². The molecule has 1 atom stereocenters. The summed E-state index contributed by atoms with van der Waals surface area (Å²) < 4.78 is 1.78. The number of hydrogen-bond donors (Lipinski definition) is 1. The van der Waals surface area contributed by atoms with Crippen LogP contribution in [0, 0.1) is 6.92 Å². The summed E-state index contributed by atoms with van der Waals surface area (Å²) in [4.78, 5) is 23.9. The molecule has 0 saturated heterocycles. The molecule has 8 heteroatoms. The summed E-state index contributed by atoms with van der Waals surface area (Å²) in [5.74, 6) is 0. The lowest BCUT2D eigenvalue weighted by Gasteiger charge is -2.24. The number of aromatic nitrogens is 4. The van der Waals surface area contributed by atoms with Gasteiger partial charge in [-0.1, -0.05) is 30.3 Å². The zero-order chi connectivity index (χ0) is 19.1. The van der Waals surface area contributed by atoms with Gasteiger partial charge >= 0.3 is 6.03 Å². The van der Waals surface area contributed by atoms with Gasteiger partial charge in [-0.2, -0.15) is 5.10 Å². The van der Waals surface area contributed by atoms with Crippen LogP contribution < -0.4 is 5.32 Å². The standard InChI is InChI=1S/C19H24N6OS/c1-15-18(27-14-21-15)9-10-24(2)19(26)23-17(16-6-4-3-5-7-16)8-11-25-13-20-12-22-25/h3-7,12-14,17H,8-11H2,1-2H3,(H,23,26). The van der Waals surface area contributed by atoms with Gasteiger partial charge in [0.05, 0.1) is 17.2 Å². The maximum Gasteiger partial charge on any atom is 0.317 e. The van der Waals surface area contributed by atoms with Crippen LogP contribution in [0.3, 0.4) is 0 Å². The van der Waals surface area contributed by atoms with Gasteiger partial charge in [-0.25, -0.2) is 14.8 Å². The summed E-state index contributed by atoms with van der Waals surface area (Å²) in [6, 6.07) is 9.85. The normalized spacial score (nSPS) is 11.9. The molecule has 0 fully saturated rings. The number of rotatable bonds is 8. The molecule has 0 saturated carbocycles. The van der Waals surface area contributed by atoms with Crippen LogP contribution in [0.2, 0.25) is 0 Å². The lowest BCUT2D eigenvalue weighted by Crippen LogP contribution is -2.40. The maximum atomic E-state index is 12.7.